The molecule has 1 unspecified atom stereocenters. The molecule has 0 amide bonds. The van der Waals surface area contributed by atoms with E-state index >= 15 is 0 Å². The van der Waals surface area contributed by atoms with Gasteiger partial charge in [0.15, 0.2) is 11.9 Å². The number of nitrogen functional groups attached to an aromatic ring is 1. The lowest BCUT2D eigenvalue weighted by molar-refractivity contribution is -0.561. The van der Waals surface area contributed by atoms with E-state index in [0.29, 0.717) is 5.69 Å². The zero-order valence-electron chi connectivity index (χ0n) is 12.7. The maximum Gasteiger partial charge on any atom is 0.330 e. The number of rotatable bonds is 2. The summed E-state index contributed by atoms with van der Waals surface area (Å²) in [6.45, 7) is 0. The summed E-state index contributed by atoms with van der Waals surface area (Å²) in [5.74, 6) is -0.101. The van der Waals surface area contributed by atoms with Crippen LogP contribution < -0.4 is 26.1 Å². The van der Waals surface area contributed by atoms with Gasteiger partial charge in [0.05, 0.1) is 5.69 Å². The highest BCUT2D eigenvalue weighted by molar-refractivity contribution is 5.46. The molecule has 1 aromatic heterocycles. The number of benzene rings is 2. The number of anilines is 1. The van der Waals surface area contributed by atoms with Crippen molar-refractivity contribution in [3.8, 4) is 5.69 Å². The van der Waals surface area contributed by atoms with Crippen LogP contribution in [-0.2, 0) is 0 Å². The molecule has 24 heavy (non-hydrogen) atoms. The zero-order chi connectivity index (χ0) is 16.7. The molecule has 1 aliphatic rings. The molecule has 0 saturated carbocycles. The Labute approximate surface area is 137 Å². The van der Waals surface area contributed by atoms with Crippen molar-refractivity contribution >= 4 is 11.6 Å². The molecule has 3 aromatic rings. The van der Waals surface area contributed by atoms with E-state index in [0.717, 1.165) is 5.56 Å². The summed E-state index contributed by atoms with van der Waals surface area (Å²) in [7, 11) is 0. The van der Waals surface area contributed by atoms with Gasteiger partial charge >= 0.3 is 5.56 Å². The summed E-state index contributed by atoms with van der Waals surface area (Å²) in [4.78, 5) is 12.9. The first-order valence-electron chi connectivity index (χ1n) is 7.50. The van der Waals surface area contributed by atoms with Gasteiger partial charge in [-0.3, -0.25) is 9.36 Å². The Balaban J connectivity index is 2.00. The molecule has 0 spiro atoms. The maximum atomic E-state index is 12.9. The molecule has 0 saturated heterocycles. The monoisotopic (exact) mass is 318 g/mol. The summed E-state index contributed by atoms with van der Waals surface area (Å²) >= 11 is 0. The first-order chi connectivity index (χ1) is 11.7. The van der Waals surface area contributed by atoms with Crippen LogP contribution in [0.4, 0.5) is 5.82 Å². The molecular formula is C18H14N4O2. The van der Waals surface area contributed by atoms with E-state index < -0.39 is 11.6 Å². The van der Waals surface area contributed by atoms with Gasteiger partial charge in [0.2, 0.25) is 6.20 Å². The standard InChI is InChI=1S/C18H14N4O2/c19-14-11-21-16(18(24)22(14)13-9-5-2-6-10-13)17(23)15(20-21)12-7-3-1-4-8-12/h1-11,15H,(H2-,19,20,23,24). The summed E-state index contributed by atoms with van der Waals surface area (Å²) in [6.07, 6.45) is 1.50. The highest BCUT2D eigenvalue weighted by atomic mass is 16.3. The average Bonchev–Trinajstić information content (AvgIpc) is 2.93. The van der Waals surface area contributed by atoms with Crippen molar-refractivity contribution in [3.05, 3.63) is 88.1 Å². The molecular weight excluding hydrogens is 304 g/mol. The number of aromatic nitrogens is 2. The minimum Gasteiger partial charge on any atom is -0.869 e. The Morgan fingerprint density at radius 2 is 1.67 bits per heavy atom. The quantitative estimate of drug-likeness (QED) is 0.673. The zero-order valence-corrected chi connectivity index (χ0v) is 12.7. The molecule has 2 aromatic carbocycles. The number of nitrogens with zero attached hydrogens (tertiary/aromatic N) is 3. The molecule has 0 fully saturated rings. The van der Waals surface area contributed by atoms with E-state index in [2.05, 4.69) is 5.11 Å². The van der Waals surface area contributed by atoms with Gasteiger partial charge in [-0.25, -0.2) is 0 Å². The van der Waals surface area contributed by atoms with Crippen molar-refractivity contribution in [2.75, 3.05) is 5.73 Å². The molecule has 0 radical (unpaired) electrons. The van der Waals surface area contributed by atoms with Crippen LogP contribution in [0.25, 0.3) is 11.4 Å². The lowest BCUT2D eigenvalue weighted by Crippen LogP contribution is -2.52. The lowest BCUT2D eigenvalue weighted by Gasteiger charge is -2.11. The first kappa shape index (κ1) is 14.2. The molecule has 2 heterocycles. The Bertz CT molecular complexity index is 1090. The summed E-state index contributed by atoms with van der Waals surface area (Å²) < 4.78 is 2.63. The molecule has 4 rings (SSSR count). The average molecular weight is 318 g/mol. The van der Waals surface area contributed by atoms with Crippen molar-refractivity contribution in [2.45, 2.75) is 6.04 Å². The summed E-state index contributed by atoms with van der Waals surface area (Å²) in [5.41, 5.74) is 6.92. The topological polar surface area (TPSA) is 89.3 Å². The Kier molecular flexibility index (Phi) is 3.16. The molecule has 2 N–H and O–H groups in total. The van der Waals surface area contributed by atoms with E-state index in [1.807, 2.05) is 36.4 Å². The Morgan fingerprint density at radius 1 is 1.04 bits per heavy atom. The lowest BCUT2D eigenvalue weighted by atomic mass is 10.1. The molecule has 0 aliphatic carbocycles. The SMILES string of the molecule is Nc1c[n+]2c(c(=O)n1-c1ccccc1)=C([O-])C(c1ccccc1)N=2. The van der Waals surface area contributed by atoms with Gasteiger partial charge in [-0.1, -0.05) is 48.5 Å². The first-order valence-corrected chi connectivity index (χ1v) is 7.50. The van der Waals surface area contributed by atoms with Crippen molar-refractivity contribution in [1.29, 1.82) is 0 Å². The number of hydrogen-bond acceptors (Lipinski definition) is 4. The fourth-order valence-electron chi connectivity index (χ4n) is 2.88. The molecule has 118 valence electrons. The van der Waals surface area contributed by atoms with E-state index in [1.54, 1.807) is 24.3 Å². The van der Waals surface area contributed by atoms with Crippen LogP contribution >= 0.6 is 0 Å². The largest absolute Gasteiger partial charge is 0.869 e. The highest BCUT2D eigenvalue weighted by Gasteiger charge is 2.26. The van der Waals surface area contributed by atoms with E-state index in [9.17, 15) is 9.90 Å². The van der Waals surface area contributed by atoms with Crippen LogP contribution in [0.2, 0.25) is 0 Å². The van der Waals surface area contributed by atoms with Crippen LogP contribution in [0, 0.1) is 0 Å². The molecule has 0 bridgehead atoms. The van der Waals surface area contributed by atoms with E-state index in [-0.39, 0.29) is 16.9 Å². The minimum absolute atomic E-state index is 0.0157. The van der Waals surface area contributed by atoms with Gasteiger partial charge in [-0.15, -0.1) is 0 Å². The van der Waals surface area contributed by atoms with Gasteiger partial charge in [0.25, 0.3) is 5.35 Å². The highest BCUT2D eigenvalue weighted by Crippen LogP contribution is 2.22. The van der Waals surface area contributed by atoms with Gasteiger partial charge in [-0.05, 0) is 32.9 Å². The summed E-state index contributed by atoms with van der Waals surface area (Å²) in [5, 5.41) is 17.1. The van der Waals surface area contributed by atoms with Gasteiger partial charge in [-0.2, -0.15) is 0 Å². The van der Waals surface area contributed by atoms with Crippen molar-refractivity contribution in [2.24, 2.45) is 5.11 Å². The van der Waals surface area contributed by atoms with Crippen LogP contribution in [0.1, 0.15) is 11.6 Å². The third-order valence-electron chi connectivity index (χ3n) is 4.00. The van der Waals surface area contributed by atoms with Crippen molar-refractivity contribution < 1.29 is 9.47 Å². The van der Waals surface area contributed by atoms with Gasteiger partial charge in [0, 0.05) is 0 Å². The predicted molar refractivity (Wildman–Crippen MR) is 86.7 cm³/mol. The summed E-state index contributed by atoms with van der Waals surface area (Å²) in [6, 6.07) is 17.4. The molecule has 1 atom stereocenters. The second-order valence-corrected chi connectivity index (χ2v) is 5.52. The maximum absolute atomic E-state index is 12.9. The number of hydrogen-bond donors (Lipinski definition) is 1. The molecule has 6 nitrogen and oxygen atoms in total. The Morgan fingerprint density at radius 3 is 2.33 bits per heavy atom. The fraction of sp³-hybridized carbons (Fsp3) is 0.0556. The van der Waals surface area contributed by atoms with Crippen LogP contribution in [0.3, 0.4) is 0 Å². The van der Waals surface area contributed by atoms with Crippen molar-refractivity contribution in [3.63, 3.8) is 0 Å². The molecule has 1 aliphatic heterocycles. The van der Waals surface area contributed by atoms with Gasteiger partial charge in [0.1, 0.15) is 0 Å². The smallest absolute Gasteiger partial charge is 0.330 e. The normalized spacial score (nSPS) is 15.8. The number of nitrogens with two attached hydrogens (primary N) is 1. The number of fused-ring (bicyclic) bond motifs is 1. The molecule has 6 heteroatoms. The fourth-order valence-corrected chi connectivity index (χ4v) is 2.88. The Hall–Kier alpha value is -3.41. The number of para-hydroxylation sites is 1. The van der Waals surface area contributed by atoms with Crippen molar-refractivity contribution in [1.82, 2.24) is 4.57 Å². The third kappa shape index (κ3) is 2.08. The second-order valence-electron chi connectivity index (χ2n) is 5.52. The third-order valence-corrected chi connectivity index (χ3v) is 4.00. The van der Waals surface area contributed by atoms with Crippen LogP contribution in [-0.4, -0.2) is 4.57 Å². The van der Waals surface area contributed by atoms with Crippen LogP contribution in [0.15, 0.2) is 76.8 Å². The minimum atomic E-state index is -0.718. The van der Waals surface area contributed by atoms with E-state index in [4.69, 9.17) is 5.73 Å². The second kappa shape index (κ2) is 5.34. The van der Waals surface area contributed by atoms with Crippen LogP contribution in [0.5, 0.6) is 0 Å². The van der Waals surface area contributed by atoms with E-state index in [1.165, 1.54) is 15.1 Å². The predicted octanol–water partition coefficient (Wildman–Crippen LogP) is -0.0377. The van der Waals surface area contributed by atoms with Gasteiger partial charge < -0.3 is 10.8 Å².